The van der Waals surface area contributed by atoms with Crippen molar-refractivity contribution in [1.29, 1.82) is 0 Å². The van der Waals surface area contributed by atoms with Gasteiger partial charge in [0.15, 0.2) is 6.61 Å². The third-order valence-electron chi connectivity index (χ3n) is 3.52. The number of aryl methyl sites for hydroxylation is 1. The van der Waals surface area contributed by atoms with E-state index in [1.807, 2.05) is 31.2 Å². The van der Waals surface area contributed by atoms with Crippen molar-refractivity contribution in [2.45, 2.75) is 26.1 Å². The maximum Gasteiger partial charge on any atom is 0.416 e. The Hall–Kier alpha value is -2.70. The second-order valence-electron chi connectivity index (χ2n) is 5.86. The number of carbonyl (C=O) groups excluding carboxylic acids is 1. The number of para-hydroxylation sites is 1. The van der Waals surface area contributed by atoms with Crippen molar-refractivity contribution < 1.29 is 27.4 Å². The predicted molar refractivity (Wildman–Crippen MR) is 91.2 cm³/mol. The summed E-state index contributed by atoms with van der Waals surface area (Å²) in [6.07, 6.45) is -4.46. The number of alkyl halides is 3. The van der Waals surface area contributed by atoms with E-state index in [0.29, 0.717) is 0 Å². The van der Waals surface area contributed by atoms with E-state index in [4.69, 9.17) is 9.47 Å². The van der Waals surface area contributed by atoms with Crippen LogP contribution in [0.1, 0.15) is 18.1 Å². The van der Waals surface area contributed by atoms with Gasteiger partial charge >= 0.3 is 6.18 Å². The largest absolute Gasteiger partial charge is 0.491 e. The predicted octanol–water partition coefficient (Wildman–Crippen LogP) is 3.98. The highest BCUT2D eigenvalue weighted by Gasteiger charge is 2.30. The van der Waals surface area contributed by atoms with Crippen LogP contribution in [-0.4, -0.2) is 25.2 Å². The maximum atomic E-state index is 12.6. The molecule has 0 radical (unpaired) electrons. The first-order chi connectivity index (χ1) is 12.3. The number of ether oxygens (including phenoxy) is 2. The molecule has 4 nitrogen and oxygen atoms in total. The number of carbonyl (C=O) groups is 1. The lowest BCUT2D eigenvalue weighted by atomic mass is 10.2. The van der Waals surface area contributed by atoms with Gasteiger partial charge in [0.2, 0.25) is 0 Å². The highest BCUT2D eigenvalue weighted by atomic mass is 19.4. The number of hydrogen-bond acceptors (Lipinski definition) is 3. The monoisotopic (exact) mass is 367 g/mol. The van der Waals surface area contributed by atoms with E-state index in [1.165, 1.54) is 12.1 Å². The van der Waals surface area contributed by atoms with Gasteiger partial charge in [0.05, 0.1) is 11.6 Å². The van der Waals surface area contributed by atoms with Crippen LogP contribution in [0.5, 0.6) is 11.5 Å². The van der Waals surface area contributed by atoms with Gasteiger partial charge in [-0.25, -0.2) is 0 Å². The van der Waals surface area contributed by atoms with Crippen LogP contribution in [0.15, 0.2) is 48.5 Å². The van der Waals surface area contributed by atoms with Crippen LogP contribution in [0.3, 0.4) is 0 Å². The zero-order valence-corrected chi connectivity index (χ0v) is 14.5. The van der Waals surface area contributed by atoms with Gasteiger partial charge in [-0.2, -0.15) is 13.2 Å². The summed E-state index contributed by atoms with van der Waals surface area (Å²) in [6, 6.07) is 11.6. The lowest BCUT2D eigenvalue weighted by molar-refractivity contribution is -0.137. The number of halogens is 3. The zero-order valence-electron chi connectivity index (χ0n) is 14.5. The van der Waals surface area contributed by atoms with E-state index in [0.717, 1.165) is 23.4 Å². The summed E-state index contributed by atoms with van der Waals surface area (Å²) < 4.78 is 48.7. The number of benzene rings is 2. The molecule has 0 aliphatic rings. The Morgan fingerprint density at radius 1 is 1.12 bits per heavy atom. The molecule has 140 valence electrons. The first kappa shape index (κ1) is 19.6. The van der Waals surface area contributed by atoms with Gasteiger partial charge in [-0.15, -0.1) is 0 Å². The molecule has 0 fully saturated rings. The van der Waals surface area contributed by atoms with Gasteiger partial charge in [0.1, 0.15) is 18.1 Å². The minimum atomic E-state index is -4.46. The molecular weight excluding hydrogens is 347 g/mol. The minimum Gasteiger partial charge on any atom is -0.491 e. The van der Waals surface area contributed by atoms with E-state index >= 15 is 0 Å². The molecule has 2 rings (SSSR count). The van der Waals surface area contributed by atoms with Gasteiger partial charge in [-0.1, -0.05) is 24.3 Å². The Bertz CT molecular complexity index is 747. The fourth-order valence-corrected chi connectivity index (χ4v) is 2.20. The smallest absolute Gasteiger partial charge is 0.416 e. The summed E-state index contributed by atoms with van der Waals surface area (Å²) in [5.41, 5.74) is 0.161. The molecule has 0 saturated heterocycles. The topological polar surface area (TPSA) is 47.6 Å². The van der Waals surface area contributed by atoms with Crippen molar-refractivity contribution in [2.24, 2.45) is 0 Å². The maximum absolute atomic E-state index is 12.6. The van der Waals surface area contributed by atoms with Crippen molar-refractivity contribution >= 4 is 5.91 Å². The van der Waals surface area contributed by atoms with Gasteiger partial charge in [-0.05, 0) is 43.7 Å². The van der Waals surface area contributed by atoms with Crippen molar-refractivity contribution in [1.82, 2.24) is 5.32 Å². The molecule has 1 atom stereocenters. The summed E-state index contributed by atoms with van der Waals surface area (Å²) in [6.45, 7) is 3.57. The molecule has 2 aromatic carbocycles. The summed E-state index contributed by atoms with van der Waals surface area (Å²) in [4.78, 5) is 11.9. The molecule has 0 aliphatic carbocycles. The van der Waals surface area contributed by atoms with Crippen LogP contribution >= 0.6 is 0 Å². The zero-order chi connectivity index (χ0) is 19.2. The van der Waals surface area contributed by atoms with Crippen LogP contribution < -0.4 is 14.8 Å². The number of amides is 1. The molecule has 1 amide bonds. The molecule has 1 N–H and O–H groups in total. The Morgan fingerprint density at radius 3 is 2.54 bits per heavy atom. The van der Waals surface area contributed by atoms with Gasteiger partial charge < -0.3 is 14.8 Å². The van der Waals surface area contributed by atoms with Crippen LogP contribution in [0.4, 0.5) is 13.2 Å². The highest BCUT2D eigenvalue weighted by Crippen LogP contribution is 2.31. The normalized spacial score (nSPS) is 12.3. The van der Waals surface area contributed by atoms with Gasteiger partial charge in [0, 0.05) is 0 Å². The summed E-state index contributed by atoms with van der Waals surface area (Å²) >= 11 is 0. The van der Waals surface area contributed by atoms with Crippen molar-refractivity contribution in [3.63, 3.8) is 0 Å². The summed E-state index contributed by atoms with van der Waals surface area (Å²) in [5.74, 6) is 0.274. The van der Waals surface area contributed by atoms with Gasteiger partial charge in [-0.3, -0.25) is 4.79 Å². The molecule has 2 aromatic rings. The number of hydrogen-bond donors (Lipinski definition) is 1. The average Bonchev–Trinajstić information content (AvgIpc) is 2.59. The molecule has 0 heterocycles. The molecule has 7 heteroatoms. The molecule has 0 bridgehead atoms. The summed E-state index contributed by atoms with van der Waals surface area (Å²) in [7, 11) is 0. The lowest BCUT2D eigenvalue weighted by Crippen LogP contribution is -2.39. The van der Waals surface area contributed by atoms with Crippen molar-refractivity contribution in [2.75, 3.05) is 13.2 Å². The Balaban J connectivity index is 1.79. The second kappa shape index (κ2) is 8.60. The van der Waals surface area contributed by atoms with E-state index in [9.17, 15) is 18.0 Å². The van der Waals surface area contributed by atoms with Crippen LogP contribution in [0.25, 0.3) is 0 Å². The standard InChI is InChI=1S/C19H20F3NO3/c1-13-6-3-4-9-17(13)26-11-14(2)23-18(24)12-25-16-8-5-7-15(10-16)19(20,21)22/h3-10,14H,11-12H2,1-2H3,(H,23,24)/t14-/m1/s1. The average molecular weight is 367 g/mol. The van der Waals surface area contributed by atoms with Crippen molar-refractivity contribution in [3.8, 4) is 11.5 Å². The first-order valence-corrected chi connectivity index (χ1v) is 8.03. The number of nitrogens with one attached hydrogen (secondary N) is 1. The van der Waals surface area contributed by atoms with Crippen molar-refractivity contribution in [3.05, 3.63) is 59.7 Å². The molecule has 0 aromatic heterocycles. The third-order valence-corrected chi connectivity index (χ3v) is 3.52. The SMILES string of the molecule is Cc1ccccc1OC[C@@H](C)NC(=O)COc1cccc(C(F)(F)F)c1. The van der Waals surface area contributed by atoms with Gasteiger partial charge in [0.25, 0.3) is 5.91 Å². The Morgan fingerprint density at radius 2 is 1.85 bits per heavy atom. The highest BCUT2D eigenvalue weighted by molar-refractivity contribution is 5.77. The quantitative estimate of drug-likeness (QED) is 0.805. The first-order valence-electron chi connectivity index (χ1n) is 8.03. The van der Waals surface area contributed by atoms with E-state index in [1.54, 1.807) is 6.92 Å². The van der Waals surface area contributed by atoms with E-state index in [2.05, 4.69) is 5.32 Å². The fraction of sp³-hybridized carbons (Fsp3) is 0.316. The molecule has 0 unspecified atom stereocenters. The minimum absolute atomic E-state index is 0.0150. The van der Waals surface area contributed by atoms with Crippen LogP contribution in [0.2, 0.25) is 0 Å². The molecule has 0 spiro atoms. The van der Waals surface area contributed by atoms with Crippen LogP contribution in [-0.2, 0) is 11.0 Å². The Labute approximate surface area is 149 Å². The summed E-state index contributed by atoms with van der Waals surface area (Å²) in [5, 5.41) is 2.67. The van der Waals surface area contributed by atoms with E-state index < -0.39 is 17.6 Å². The fourth-order valence-electron chi connectivity index (χ4n) is 2.20. The molecule has 0 saturated carbocycles. The van der Waals surface area contributed by atoms with Crippen LogP contribution in [0, 0.1) is 6.92 Å². The van der Waals surface area contributed by atoms with E-state index in [-0.39, 0.29) is 25.0 Å². The lowest BCUT2D eigenvalue weighted by Gasteiger charge is -2.16. The Kier molecular flexibility index (Phi) is 6.49. The number of rotatable bonds is 7. The molecule has 26 heavy (non-hydrogen) atoms. The third kappa shape index (κ3) is 5.98. The second-order valence-corrected chi connectivity index (χ2v) is 5.86. The molecule has 0 aliphatic heterocycles. The molecular formula is C19H20F3NO3.